The maximum absolute atomic E-state index is 12.1. The van der Waals surface area contributed by atoms with E-state index in [1.165, 1.54) is 36.4 Å². The van der Waals surface area contributed by atoms with E-state index in [9.17, 15) is 18.0 Å². The normalized spacial score (nSPS) is 11.5. The maximum atomic E-state index is 12.1. The van der Waals surface area contributed by atoms with Crippen molar-refractivity contribution < 1.29 is 22.7 Å². The molecule has 24 heavy (non-hydrogen) atoms. The average molecular weight is 400 g/mol. The van der Waals surface area contributed by atoms with Gasteiger partial charge in [-0.15, -0.1) is 13.2 Å². The molecule has 0 heterocycles. The van der Waals surface area contributed by atoms with Crippen molar-refractivity contribution in [3.8, 4) is 5.75 Å². The summed E-state index contributed by atoms with van der Waals surface area (Å²) in [5.74, 6) is -0.651. The second-order valence-corrected chi connectivity index (χ2v) is 5.76. The Morgan fingerprint density at radius 3 is 2.42 bits per heavy atom. The van der Waals surface area contributed by atoms with Crippen LogP contribution in [0.4, 0.5) is 18.9 Å². The van der Waals surface area contributed by atoms with Crippen molar-refractivity contribution in [1.29, 1.82) is 0 Å². The summed E-state index contributed by atoms with van der Waals surface area (Å²) in [6.07, 6.45) is -1.92. The minimum absolute atomic E-state index is 0.311. The molecule has 0 spiro atoms. The largest absolute Gasteiger partial charge is 0.573 e. The second kappa shape index (κ2) is 7.53. The molecule has 0 bridgehead atoms. The molecule has 0 atom stereocenters. The van der Waals surface area contributed by atoms with E-state index in [0.717, 1.165) is 10.0 Å². The van der Waals surface area contributed by atoms with Crippen LogP contribution in [0.1, 0.15) is 11.1 Å². The van der Waals surface area contributed by atoms with Gasteiger partial charge in [-0.1, -0.05) is 28.1 Å². The molecule has 7 heteroatoms. The lowest BCUT2D eigenvalue weighted by Gasteiger charge is -2.08. The van der Waals surface area contributed by atoms with Crippen LogP contribution in [-0.2, 0) is 4.79 Å². The minimum Gasteiger partial charge on any atom is -0.406 e. The van der Waals surface area contributed by atoms with Crippen LogP contribution in [0.5, 0.6) is 5.75 Å². The summed E-state index contributed by atoms with van der Waals surface area (Å²) in [6.45, 7) is 1.90. The van der Waals surface area contributed by atoms with Gasteiger partial charge in [0.2, 0.25) is 5.91 Å². The van der Waals surface area contributed by atoms with Gasteiger partial charge in [-0.3, -0.25) is 4.79 Å². The number of rotatable bonds is 4. The van der Waals surface area contributed by atoms with Gasteiger partial charge in [0.15, 0.2) is 0 Å². The Morgan fingerprint density at radius 2 is 1.83 bits per heavy atom. The van der Waals surface area contributed by atoms with E-state index in [1.54, 1.807) is 6.07 Å². The fraction of sp³-hybridized carbons (Fsp3) is 0.118. The summed E-state index contributed by atoms with van der Waals surface area (Å²) in [5, 5.41) is 2.70. The zero-order chi connectivity index (χ0) is 17.7. The Morgan fingerprint density at radius 1 is 1.17 bits per heavy atom. The molecule has 0 saturated heterocycles. The number of anilines is 1. The van der Waals surface area contributed by atoms with E-state index in [2.05, 4.69) is 26.0 Å². The zero-order valence-corrected chi connectivity index (χ0v) is 14.1. The van der Waals surface area contributed by atoms with Gasteiger partial charge in [0, 0.05) is 16.2 Å². The molecule has 2 aromatic carbocycles. The van der Waals surface area contributed by atoms with Crippen molar-refractivity contribution in [2.45, 2.75) is 13.3 Å². The highest BCUT2D eigenvalue weighted by atomic mass is 79.9. The van der Waals surface area contributed by atoms with Gasteiger partial charge in [0.1, 0.15) is 5.75 Å². The first-order valence-electron chi connectivity index (χ1n) is 6.84. The van der Waals surface area contributed by atoms with Gasteiger partial charge in [-0.2, -0.15) is 0 Å². The molecule has 2 aromatic rings. The summed E-state index contributed by atoms with van der Waals surface area (Å²) in [6, 6.07) is 10.6. The van der Waals surface area contributed by atoms with E-state index >= 15 is 0 Å². The summed E-state index contributed by atoms with van der Waals surface area (Å²) in [5.41, 5.74) is 2.21. The highest BCUT2D eigenvalue weighted by Gasteiger charge is 2.30. The van der Waals surface area contributed by atoms with Crippen LogP contribution < -0.4 is 10.1 Å². The number of hydrogen-bond acceptors (Lipinski definition) is 2. The van der Waals surface area contributed by atoms with Crippen LogP contribution in [0, 0.1) is 6.92 Å². The van der Waals surface area contributed by atoms with Crippen molar-refractivity contribution in [2.24, 2.45) is 0 Å². The molecule has 126 valence electrons. The Kier molecular flexibility index (Phi) is 5.66. The Hall–Kier alpha value is -2.28. The van der Waals surface area contributed by atoms with Gasteiger partial charge < -0.3 is 10.1 Å². The van der Waals surface area contributed by atoms with Gasteiger partial charge in [0.05, 0.1) is 0 Å². The van der Waals surface area contributed by atoms with E-state index in [1.807, 2.05) is 19.1 Å². The van der Waals surface area contributed by atoms with Crippen LogP contribution >= 0.6 is 15.9 Å². The van der Waals surface area contributed by atoms with Crippen molar-refractivity contribution in [3.63, 3.8) is 0 Å². The number of aryl methyl sites for hydroxylation is 1. The predicted molar refractivity (Wildman–Crippen MR) is 89.7 cm³/mol. The molecule has 0 aliphatic heterocycles. The quantitative estimate of drug-likeness (QED) is 0.707. The van der Waals surface area contributed by atoms with Crippen molar-refractivity contribution in [2.75, 3.05) is 5.32 Å². The molecule has 0 aliphatic carbocycles. The smallest absolute Gasteiger partial charge is 0.406 e. The van der Waals surface area contributed by atoms with Crippen LogP contribution in [-0.4, -0.2) is 12.3 Å². The minimum atomic E-state index is -4.72. The van der Waals surface area contributed by atoms with Gasteiger partial charge >= 0.3 is 6.36 Å². The molecule has 0 saturated carbocycles. The fourth-order valence-corrected chi connectivity index (χ4v) is 2.11. The molecule has 3 nitrogen and oxygen atoms in total. The molecular formula is C17H13BrF3NO2. The van der Waals surface area contributed by atoms with Crippen molar-refractivity contribution in [3.05, 3.63) is 64.1 Å². The molecular weight excluding hydrogens is 387 g/mol. The number of nitrogens with one attached hydrogen (secondary N) is 1. The van der Waals surface area contributed by atoms with E-state index < -0.39 is 6.36 Å². The Bertz CT molecular complexity index is 755. The molecule has 0 unspecified atom stereocenters. The number of benzene rings is 2. The number of ether oxygens (including phenoxy) is 1. The Labute approximate surface area is 145 Å². The van der Waals surface area contributed by atoms with Crippen LogP contribution in [0.25, 0.3) is 6.08 Å². The highest BCUT2D eigenvalue weighted by Crippen LogP contribution is 2.23. The van der Waals surface area contributed by atoms with Crippen LogP contribution in [0.15, 0.2) is 53.0 Å². The third-order valence-corrected chi connectivity index (χ3v) is 3.86. The number of hydrogen-bond donors (Lipinski definition) is 1. The first kappa shape index (κ1) is 18.1. The summed E-state index contributed by atoms with van der Waals surface area (Å²) in [7, 11) is 0. The first-order valence-corrected chi connectivity index (χ1v) is 7.63. The third kappa shape index (κ3) is 5.73. The zero-order valence-electron chi connectivity index (χ0n) is 12.5. The lowest BCUT2D eigenvalue weighted by atomic mass is 10.2. The van der Waals surface area contributed by atoms with Crippen molar-refractivity contribution >= 4 is 33.6 Å². The fourth-order valence-electron chi connectivity index (χ4n) is 1.86. The lowest BCUT2D eigenvalue weighted by molar-refractivity contribution is -0.274. The second-order valence-electron chi connectivity index (χ2n) is 4.90. The van der Waals surface area contributed by atoms with Crippen molar-refractivity contribution in [1.82, 2.24) is 0 Å². The number of halogens is 4. The SMILES string of the molecule is Cc1cc(NC(=O)/C=C\c2ccc(OC(F)(F)F)cc2)ccc1Br. The summed E-state index contributed by atoms with van der Waals surface area (Å²) in [4.78, 5) is 11.9. The maximum Gasteiger partial charge on any atom is 0.573 e. The van der Waals surface area contributed by atoms with Gasteiger partial charge in [0.25, 0.3) is 0 Å². The highest BCUT2D eigenvalue weighted by molar-refractivity contribution is 9.10. The molecule has 1 N–H and O–H groups in total. The summed E-state index contributed by atoms with van der Waals surface area (Å²) < 4.78 is 40.9. The Balaban J connectivity index is 1.97. The molecule has 0 fully saturated rings. The predicted octanol–water partition coefficient (Wildman–Crippen LogP) is 5.31. The first-order chi connectivity index (χ1) is 11.2. The van der Waals surface area contributed by atoms with Crippen LogP contribution in [0.2, 0.25) is 0 Å². The molecule has 1 amide bonds. The van der Waals surface area contributed by atoms with Crippen LogP contribution in [0.3, 0.4) is 0 Å². The average Bonchev–Trinajstić information content (AvgIpc) is 2.49. The number of alkyl halides is 3. The van der Waals surface area contributed by atoms with E-state index in [-0.39, 0.29) is 11.7 Å². The topological polar surface area (TPSA) is 38.3 Å². The molecule has 0 radical (unpaired) electrons. The van der Waals surface area contributed by atoms with E-state index in [0.29, 0.717) is 11.3 Å². The number of carbonyl (C=O) groups is 1. The standard InChI is InChI=1S/C17H13BrF3NO2/c1-11-10-13(5-8-15(11)18)22-16(23)9-4-12-2-6-14(7-3-12)24-17(19,20)21/h2-10H,1H3,(H,22,23)/b9-4-. The number of amides is 1. The van der Waals surface area contributed by atoms with E-state index in [4.69, 9.17) is 0 Å². The van der Waals surface area contributed by atoms with Gasteiger partial charge in [-0.25, -0.2) is 0 Å². The summed E-state index contributed by atoms with van der Waals surface area (Å²) >= 11 is 3.37. The monoisotopic (exact) mass is 399 g/mol. The molecule has 0 aliphatic rings. The number of carbonyl (C=O) groups excluding carboxylic acids is 1. The third-order valence-electron chi connectivity index (χ3n) is 2.97. The van der Waals surface area contributed by atoms with Gasteiger partial charge in [-0.05, 0) is 54.5 Å². The lowest BCUT2D eigenvalue weighted by Crippen LogP contribution is -2.16. The molecule has 2 rings (SSSR count). The molecule has 0 aromatic heterocycles.